The zero-order chi connectivity index (χ0) is 17.4. The molecule has 0 amide bonds. The van der Waals surface area contributed by atoms with Gasteiger partial charge >= 0.3 is 0 Å². The monoisotopic (exact) mass is 331 g/mol. The topological polar surface area (TPSA) is 31.4 Å². The number of hydrogen-bond donors (Lipinski definition) is 0. The highest BCUT2D eigenvalue weighted by Gasteiger charge is 2.40. The van der Waals surface area contributed by atoms with Gasteiger partial charge in [-0.05, 0) is 42.2 Å². The second-order valence-electron chi connectivity index (χ2n) is 9.07. The molecular formula is C21H33NO2. The van der Waals surface area contributed by atoms with Crippen LogP contribution in [0.1, 0.15) is 77.1 Å². The van der Waals surface area contributed by atoms with Crippen molar-refractivity contribution in [3.63, 3.8) is 0 Å². The van der Waals surface area contributed by atoms with E-state index in [1.54, 1.807) is 0 Å². The lowest BCUT2D eigenvalue weighted by molar-refractivity contribution is -0.304. The molecule has 134 valence electrons. The van der Waals surface area contributed by atoms with E-state index in [1.807, 2.05) is 0 Å². The quantitative estimate of drug-likeness (QED) is 0.779. The molecule has 0 atom stereocenters. The minimum Gasteiger partial charge on any atom is -0.349 e. The van der Waals surface area contributed by atoms with Gasteiger partial charge in [-0.1, -0.05) is 40.7 Å². The summed E-state index contributed by atoms with van der Waals surface area (Å²) in [6.07, 6.45) is 8.24. The average Bonchev–Trinajstić information content (AvgIpc) is 2.54. The maximum absolute atomic E-state index is 6.25. The van der Waals surface area contributed by atoms with E-state index in [-0.39, 0.29) is 16.6 Å². The van der Waals surface area contributed by atoms with E-state index in [0.717, 1.165) is 51.7 Å². The van der Waals surface area contributed by atoms with Gasteiger partial charge in [0.25, 0.3) is 0 Å². The molecule has 0 unspecified atom stereocenters. The van der Waals surface area contributed by atoms with E-state index >= 15 is 0 Å². The molecule has 1 aliphatic heterocycles. The number of nitrogens with zero attached hydrogens (tertiary/aromatic N) is 1. The van der Waals surface area contributed by atoms with Crippen molar-refractivity contribution >= 4 is 0 Å². The van der Waals surface area contributed by atoms with Crippen molar-refractivity contribution in [2.24, 2.45) is 5.41 Å². The Labute approximate surface area is 147 Å². The third kappa shape index (κ3) is 3.67. The van der Waals surface area contributed by atoms with Gasteiger partial charge in [0.15, 0.2) is 5.79 Å². The molecule has 1 saturated heterocycles. The van der Waals surface area contributed by atoms with Gasteiger partial charge in [0.1, 0.15) is 0 Å². The Bertz CT molecular complexity index is 582. The highest BCUT2D eigenvalue weighted by molar-refractivity contribution is 5.30. The number of ether oxygens (including phenoxy) is 2. The van der Waals surface area contributed by atoms with Crippen molar-refractivity contribution in [1.82, 2.24) is 4.98 Å². The molecule has 1 aliphatic carbocycles. The van der Waals surface area contributed by atoms with Crippen LogP contribution in [0.2, 0.25) is 0 Å². The Morgan fingerprint density at radius 3 is 2.50 bits per heavy atom. The Morgan fingerprint density at radius 1 is 1.12 bits per heavy atom. The fourth-order valence-electron chi connectivity index (χ4n) is 3.56. The van der Waals surface area contributed by atoms with Gasteiger partial charge < -0.3 is 9.47 Å². The molecule has 1 aromatic heterocycles. The molecule has 3 nitrogen and oxygen atoms in total. The molecule has 1 spiro atoms. The molecule has 2 heterocycles. The van der Waals surface area contributed by atoms with E-state index in [9.17, 15) is 0 Å². The largest absolute Gasteiger partial charge is 0.349 e. The SMILES string of the molecule is CCC(C)(C)c1cnc2c(c1)CCC1(CCC2)OCC(C)(C)CO1. The van der Waals surface area contributed by atoms with E-state index in [0.29, 0.717) is 0 Å². The average molecular weight is 332 g/mol. The lowest BCUT2D eigenvalue weighted by Crippen LogP contribution is -2.48. The number of fused-ring (bicyclic) bond motifs is 1. The third-order valence-electron chi connectivity index (χ3n) is 5.92. The summed E-state index contributed by atoms with van der Waals surface area (Å²) >= 11 is 0. The van der Waals surface area contributed by atoms with Crippen LogP contribution in [0.15, 0.2) is 12.3 Å². The summed E-state index contributed by atoms with van der Waals surface area (Å²) < 4.78 is 12.5. The highest BCUT2D eigenvalue weighted by Crippen LogP contribution is 2.38. The number of rotatable bonds is 2. The van der Waals surface area contributed by atoms with Crippen molar-refractivity contribution in [3.05, 3.63) is 29.1 Å². The molecule has 2 aliphatic rings. The van der Waals surface area contributed by atoms with Crippen LogP contribution in [-0.2, 0) is 27.7 Å². The summed E-state index contributed by atoms with van der Waals surface area (Å²) in [7, 11) is 0. The van der Waals surface area contributed by atoms with Crippen molar-refractivity contribution in [3.8, 4) is 0 Å². The molecule has 1 aromatic rings. The predicted molar refractivity (Wildman–Crippen MR) is 97.2 cm³/mol. The fraction of sp³-hybridized carbons (Fsp3) is 0.762. The highest BCUT2D eigenvalue weighted by atomic mass is 16.7. The van der Waals surface area contributed by atoms with Crippen LogP contribution < -0.4 is 0 Å². The first-order valence-electron chi connectivity index (χ1n) is 9.52. The summed E-state index contributed by atoms with van der Waals surface area (Å²) in [6, 6.07) is 2.39. The van der Waals surface area contributed by atoms with Gasteiger partial charge in [0, 0.05) is 30.1 Å². The van der Waals surface area contributed by atoms with E-state index in [1.165, 1.54) is 16.8 Å². The van der Waals surface area contributed by atoms with Gasteiger partial charge in [-0.15, -0.1) is 0 Å². The van der Waals surface area contributed by atoms with Gasteiger partial charge in [-0.25, -0.2) is 0 Å². The zero-order valence-corrected chi connectivity index (χ0v) is 16.1. The van der Waals surface area contributed by atoms with Crippen molar-refractivity contribution in [2.45, 2.75) is 84.3 Å². The number of hydrogen-bond acceptors (Lipinski definition) is 3. The van der Waals surface area contributed by atoms with Gasteiger partial charge in [0.05, 0.1) is 13.2 Å². The van der Waals surface area contributed by atoms with Crippen LogP contribution in [0.4, 0.5) is 0 Å². The van der Waals surface area contributed by atoms with Crippen LogP contribution in [0.3, 0.4) is 0 Å². The number of aryl methyl sites for hydroxylation is 2. The van der Waals surface area contributed by atoms with E-state index in [2.05, 4.69) is 46.9 Å². The first kappa shape index (κ1) is 17.9. The maximum Gasteiger partial charge on any atom is 0.168 e. The first-order valence-corrected chi connectivity index (χ1v) is 9.52. The molecular weight excluding hydrogens is 298 g/mol. The van der Waals surface area contributed by atoms with E-state index < -0.39 is 0 Å². The van der Waals surface area contributed by atoms with E-state index in [4.69, 9.17) is 14.5 Å². The van der Waals surface area contributed by atoms with Crippen LogP contribution in [0, 0.1) is 5.41 Å². The fourth-order valence-corrected chi connectivity index (χ4v) is 3.56. The summed E-state index contributed by atoms with van der Waals surface area (Å²) in [4.78, 5) is 4.81. The molecule has 0 N–H and O–H groups in total. The van der Waals surface area contributed by atoms with Gasteiger partial charge in [-0.2, -0.15) is 0 Å². The Balaban J connectivity index is 1.79. The maximum atomic E-state index is 6.25. The summed E-state index contributed by atoms with van der Waals surface area (Å²) in [5.74, 6) is -0.372. The third-order valence-corrected chi connectivity index (χ3v) is 5.92. The van der Waals surface area contributed by atoms with Crippen LogP contribution in [0.25, 0.3) is 0 Å². The van der Waals surface area contributed by atoms with Crippen molar-refractivity contribution in [2.75, 3.05) is 13.2 Å². The number of pyridine rings is 1. The van der Waals surface area contributed by atoms with Crippen LogP contribution in [-0.4, -0.2) is 24.0 Å². The minimum absolute atomic E-state index is 0.130. The molecule has 24 heavy (non-hydrogen) atoms. The minimum atomic E-state index is -0.372. The summed E-state index contributed by atoms with van der Waals surface area (Å²) in [5, 5.41) is 0. The Hall–Kier alpha value is -0.930. The Kier molecular flexibility index (Phi) is 4.78. The lowest BCUT2D eigenvalue weighted by Gasteiger charge is -2.44. The zero-order valence-electron chi connectivity index (χ0n) is 16.1. The van der Waals surface area contributed by atoms with Gasteiger partial charge in [0.2, 0.25) is 0 Å². The molecule has 1 fully saturated rings. The standard InChI is InChI=1S/C21H33NO2/c1-6-20(4,5)17-12-16-9-11-21(10-7-8-18(16)22-13-17)23-14-19(2,3)15-24-21/h12-13H,6-11,14-15H2,1-5H3. The predicted octanol–water partition coefficient (Wildman–Crippen LogP) is 4.81. The number of aromatic nitrogens is 1. The molecule has 0 saturated carbocycles. The normalized spacial score (nSPS) is 23.4. The van der Waals surface area contributed by atoms with Crippen LogP contribution in [0.5, 0.6) is 0 Å². The molecule has 0 radical (unpaired) electrons. The molecule has 3 rings (SSSR count). The molecule has 3 heteroatoms. The second kappa shape index (κ2) is 6.42. The van der Waals surface area contributed by atoms with Crippen molar-refractivity contribution < 1.29 is 9.47 Å². The Morgan fingerprint density at radius 2 is 1.83 bits per heavy atom. The summed E-state index contributed by atoms with van der Waals surface area (Å²) in [6.45, 7) is 12.9. The summed E-state index contributed by atoms with van der Waals surface area (Å²) in [5.41, 5.74) is 4.33. The molecule has 0 aromatic carbocycles. The smallest absolute Gasteiger partial charge is 0.168 e. The second-order valence-corrected chi connectivity index (χ2v) is 9.07. The lowest BCUT2D eigenvalue weighted by atomic mass is 9.81. The first-order chi connectivity index (χ1) is 11.3. The van der Waals surface area contributed by atoms with Crippen LogP contribution >= 0.6 is 0 Å². The van der Waals surface area contributed by atoms with Gasteiger partial charge in [-0.3, -0.25) is 4.98 Å². The molecule has 0 bridgehead atoms. The van der Waals surface area contributed by atoms with Crippen molar-refractivity contribution in [1.29, 1.82) is 0 Å².